The van der Waals surface area contributed by atoms with Gasteiger partial charge < -0.3 is 9.47 Å². The van der Waals surface area contributed by atoms with Gasteiger partial charge in [0.25, 0.3) is 0 Å². The van der Waals surface area contributed by atoms with Gasteiger partial charge in [-0.15, -0.1) is 0 Å². The first-order valence-electron chi connectivity index (χ1n) is 5.08. The van der Waals surface area contributed by atoms with Gasteiger partial charge in [-0.3, -0.25) is 0 Å². The number of rotatable bonds is 3. The van der Waals surface area contributed by atoms with E-state index in [1.807, 2.05) is 24.3 Å². The van der Waals surface area contributed by atoms with E-state index in [4.69, 9.17) is 9.47 Å². The molecule has 2 rings (SSSR count). The predicted molar refractivity (Wildman–Crippen MR) is 55.8 cm³/mol. The second-order valence-corrected chi connectivity index (χ2v) is 3.99. The Hall–Kier alpha value is -1.18. The Morgan fingerprint density at radius 2 is 1.64 bits per heavy atom. The van der Waals surface area contributed by atoms with E-state index in [1.54, 1.807) is 7.11 Å². The number of methoxy groups -OCH3 is 1. The van der Waals surface area contributed by atoms with E-state index < -0.39 is 0 Å². The highest BCUT2D eigenvalue weighted by Crippen LogP contribution is 2.31. The fourth-order valence-corrected chi connectivity index (χ4v) is 1.77. The van der Waals surface area contributed by atoms with E-state index in [0.717, 1.165) is 17.4 Å². The van der Waals surface area contributed by atoms with E-state index in [9.17, 15) is 0 Å². The van der Waals surface area contributed by atoms with Crippen LogP contribution in [0, 0.1) is 5.92 Å². The lowest BCUT2D eigenvalue weighted by Gasteiger charge is -2.32. The molecule has 0 aliphatic heterocycles. The molecular weight excluding hydrogens is 176 g/mol. The highest BCUT2D eigenvalue weighted by molar-refractivity contribution is 5.31. The summed E-state index contributed by atoms with van der Waals surface area (Å²) in [7, 11) is 1.67. The van der Waals surface area contributed by atoms with Crippen molar-refractivity contribution in [2.24, 2.45) is 5.92 Å². The van der Waals surface area contributed by atoms with Gasteiger partial charge >= 0.3 is 0 Å². The average Bonchev–Trinajstić information content (AvgIpc) is 2.17. The Kier molecular flexibility index (Phi) is 2.62. The summed E-state index contributed by atoms with van der Waals surface area (Å²) in [5.74, 6) is 2.65. The zero-order valence-electron chi connectivity index (χ0n) is 8.69. The van der Waals surface area contributed by atoms with E-state index in [0.29, 0.717) is 6.10 Å². The van der Waals surface area contributed by atoms with Crippen molar-refractivity contribution in [2.45, 2.75) is 25.9 Å². The minimum Gasteiger partial charge on any atom is -0.497 e. The molecule has 0 aromatic heterocycles. The van der Waals surface area contributed by atoms with Crippen molar-refractivity contribution in [1.82, 2.24) is 0 Å². The Balaban J connectivity index is 1.90. The van der Waals surface area contributed by atoms with Gasteiger partial charge in [0.15, 0.2) is 0 Å². The van der Waals surface area contributed by atoms with Crippen LogP contribution in [-0.4, -0.2) is 13.2 Å². The Labute approximate surface area is 84.8 Å². The van der Waals surface area contributed by atoms with Crippen LogP contribution in [0.3, 0.4) is 0 Å². The molecule has 1 saturated carbocycles. The maximum absolute atomic E-state index is 5.76. The maximum Gasteiger partial charge on any atom is 0.119 e. The molecule has 0 N–H and O–H groups in total. The highest BCUT2D eigenvalue weighted by Gasteiger charge is 2.26. The molecule has 0 amide bonds. The van der Waals surface area contributed by atoms with Crippen molar-refractivity contribution in [1.29, 1.82) is 0 Å². The molecule has 2 nitrogen and oxygen atoms in total. The smallest absolute Gasteiger partial charge is 0.119 e. The van der Waals surface area contributed by atoms with Gasteiger partial charge in [0.2, 0.25) is 0 Å². The Morgan fingerprint density at radius 1 is 1.07 bits per heavy atom. The second kappa shape index (κ2) is 3.91. The Morgan fingerprint density at radius 3 is 2.14 bits per heavy atom. The topological polar surface area (TPSA) is 18.5 Å². The molecule has 0 spiro atoms. The van der Waals surface area contributed by atoms with Crippen LogP contribution in [0.2, 0.25) is 0 Å². The standard InChI is InChI=1S/C12H16O2/c1-9-7-12(8-9)14-11-5-3-10(13-2)4-6-11/h3-6,9,12H,7-8H2,1-2H3. The van der Waals surface area contributed by atoms with Crippen molar-refractivity contribution >= 4 is 0 Å². The van der Waals surface area contributed by atoms with Crippen LogP contribution in [0.1, 0.15) is 19.8 Å². The molecule has 76 valence electrons. The third kappa shape index (κ3) is 2.00. The molecule has 0 radical (unpaired) electrons. The molecule has 1 aromatic rings. The molecule has 0 saturated heterocycles. The number of hydrogen-bond acceptors (Lipinski definition) is 2. The van der Waals surface area contributed by atoms with Crippen LogP contribution in [0.15, 0.2) is 24.3 Å². The van der Waals surface area contributed by atoms with Gasteiger partial charge in [-0.05, 0) is 43.0 Å². The van der Waals surface area contributed by atoms with Crippen LogP contribution >= 0.6 is 0 Å². The summed E-state index contributed by atoms with van der Waals surface area (Å²) in [4.78, 5) is 0. The first-order chi connectivity index (χ1) is 6.78. The summed E-state index contributed by atoms with van der Waals surface area (Å²) in [6.07, 6.45) is 2.80. The second-order valence-electron chi connectivity index (χ2n) is 3.99. The van der Waals surface area contributed by atoms with E-state index >= 15 is 0 Å². The average molecular weight is 192 g/mol. The maximum atomic E-state index is 5.76. The predicted octanol–water partition coefficient (Wildman–Crippen LogP) is 2.87. The molecule has 0 unspecified atom stereocenters. The molecule has 1 aromatic carbocycles. The first-order valence-corrected chi connectivity index (χ1v) is 5.08. The van der Waals surface area contributed by atoms with Crippen molar-refractivity contribution < 1.29 is 9.47 Å². The van der Waals surface area contributed by atoms with Crippen LogP contribution < -0.4 is 9.47 Å². The summed E-state index contributed by atoms with van der Waals surface area (Å²) in [6.45, 7) is 2.26. The van der Waals surface area contributed by atoms with E-state index in [2.05, 4.69) is 6.92 Å². The fourth-order valence-electron chi connectivity index (χ4n) is 1.77. The molecule has 14 heavy (non-hydrogen) atoms. The summed E-state index contributed by atoms with van der Waals surface area (Å²) >= 11 is 0. The lowest BCUT2D eigenvalue weighted by atomic mass is 9.84. The van der Waals surface area contributed by atoms with Crippen LogP contribution in [-0.2, 0) is 0 Å². The molecule has 0 bridgehead atoms. The summed E-state index contributed by atoms with van der Waals surface area (Å²) in [5.41, 5.74) is 0. The molecule has 1 aliphatic carbocycles. The van der Waals surface area contributed by atoms with Gasteiger partial charge in [0, 0.05) is 0 Å². The molecule has 1 fully saturated rings. The van der Waals surface area contributed by atoms with Crippen LogP contribution in [0.4, 0.5) is 0 Å². The highest BCUT2D eigenvalue weighted by atomic mass is 16.5. The Bertz CT molecular complexity index is 286. The fraction of sp³-hybridized carbons (Fsp3) is 0.500. The molecule has 0 heterocycles. The zero-order chi connectivity index (χ0) is 9.97. The summed E-state index contributed by atoms with van der Waals surface area (Å²) < 4.78 is 10.8. The van der Waals surface area contributed by atoms with Gasteiger partial charge in [-0.2, -0.15) is 0 Å². The van der Waals surface area contributed by atoms with E-state index in [-0.39, 0.29) is 0 Å². The molecule has 0 atom stereocenters. The first kappa shape index (κ1) is 9.38. The molecular formula is C12H16O2. The lowest BCUT2D eigenvalue weighted by Crippen LogP contribution is -2.31. The van der Waals surface area contributed by atoms with Crippen molar-refractivity contribution in [3.8, 4) is 11.5 Å². The van der Waals surface area contributed by atoms with Gasteiger partial charge in [-0.25, -0.2) is 0 Å². The quantitative estimate of drug-likeness (QED) is 0.733. The van der Waals surface area contributed by atoms with Gasteiger partial charge in [-0.1, -0.05) is 6.92 Å². The summed E-state index contributed by atoms with van der Waals surface area (Å²) in [5, 5.41) is 0. The number of hydrogen-bond donors (Lipinski definition) is 0. The van der Waals surface area contributed by atoms with Gasteiger partial charge in [0.1, 0.15) is 11.5 Å². The molecule has 2 heteroatoms. The summed E-state index contributed by atoms with van der Waals surface area (Å²) in [6, 6.07) is 7.78. The third-order valence-corrected chi connectivity index (χ3v) is 2.69. The molecule has 1 aliphatic rings. The van der Waals surface area contributed by atoms with Crippen LogP contribution in [0.5, 0.6) is 11.5 Å². The van der Waals surface area contributed by atoms with E-state index in [1.165, 1.54) is 12.8 Å². The van der Waals surface area contributed by atoms with Crippen molar-refractivity contribution in [3.05, 3.63) is 24.3 Å². The minimum atomic E-state index is 0.429. The van der Waals surface area contributed by atoms with Crippen LogP contribution in [0.25, 0.3) is 0 Å². The zero-order valence-corrected chi connectivity index (χ0v) is 8.69. The third-order valence-electron chi connectivity index (χ3n) is 2.69. The largest absolute Gasteiger partial charge is 0.497 e. The van der Waals surface area contributed by atoms with Crippen molar-refractivity contribution in [2.75, 3.05) is 7.11 Å². The number of ether oxygens (including phenoxy) is 2. The van der Waals surface area contributed by atoms with Crippen molar-refractivity contribution in [3.63, 3.8) is 0 Å². The SMILES string of the molecule is COc1ccc(OC2CC(C)C2)cc1. The van der Waals surface area contributed by atoms with Gasteiger partial charge in [0.05, 0.1) is 13.2 Å². The minimum absolute atomic E-state index is 0.429. The monoisotopic (exact) mass is 192 g/mol. The lowest BCUT2D eigenvalue weighted by molar-refractivity contribution is 0.0738. The normalized spacial score (nSPS) is 25.3. The number of benzene rings is 1.